The minimum Gasteiger partial charge on any atom is -0.313 e. The number of nitrogens with zero attached hydrogens (tertiary/aromatic N) is 2. The highest BCUT2D eigenvalue weighted by atomic mass is 19.4. The Balaban J connectivity index is 2.37. The van der Waals surface area contributed by atoms with Crippen LogP contribution in [0.1, 0.15) is 30.2 Å². The topological polar surface area (TPSA) is 29.9 Å². The van der Waals surface area contributed by atoms with Gasteiger partial charge in [0, 0.05) is 12.7 Å². The smallest absolute Gasteiger partial charge is 0.313 e. The number of benzene rings is 1. The van der Waals surface area contributed by atoms with Crippen molar-refractivity contribution in [3.63, 3.8) is 0 Å². The van der Waals surface area contributed by atoms with Gasteiger partial charge in [0.25, 0.3) is 0 Å². The van der Waals surface area contributed by atoms with Crippen LogP contribution in [-0.4, -0.2) is 16.3 Å². The number of halogens is 3. The van der Waals surface area contributed by atoms with Crippen LogP contribution in [0, 0.1) is 6.92 Å². The molecule has 0 atom stereocenters. The number of hydrogen-bond donors (Lipinski definition) is 1. The van der Waals surface area contributed by atoms with E-state index in [2.05, 4.69) is 10.4 Å². The number of hydrogen-bond acceptors (Lipinski definition) is 2. The summed E-state index contributed by atoms with van der Waals surface area (Å²) < 4.78 is 41.0. The summed E-state index contributed by atoms with van der Waals surface area (Å²) in [5, 5.41) is 7.16. The molecule has 3 nitrogen and oxygen atoms in total. The molecule has 0 saturated heterocycles. The molecule has 114 valence electrons. The van der Waals surface area contributed by atoms with Crippen LogP contribution in [0.4, 0.5) is 13.2 Å². The van der Waals surface area contributed by atoms with E-state index in [4.69, 9.17) is 0 Å². The molecule has 21 heavy (non-hydrogen) atoms. The van der Waals surface area contributed by atoms with Crippen LogP contribution in [0.25, 0.3) is 5.69 Å². The third kappa shape index (κ3) is 3.85. The molecule has 1 N–H and O–H groups in total. The first kappa shape index (κ1) is 15.6. The predicted molar refractivity (Wildman–Crippen MR) is 75.3 cm³/mol. The molecule has 0 aliphatic carbocycles. The van der Waals surface area contributed by atoms with Crippen molar-refractivity contribution in [1.82, 2.24) is 15.1 Å². The summed E-state index contributed by atoms with van der Waals surface area (Å²) >= 11 is 0. The van der Waals surface area contributed by atoms with E-state index < -0.39 is 11.7 Å². The maximum absolute atomic E-state index is 13.2. The van der Waals surface area contributed by atoms with Crippen molar-refractivity contribution in [3.05, 3.63) is 47.3 Å². The molecule has 0 spiro atoms. The van der Waals surface area contributed by atoms with Gasteiger partial charge >= 0.3 is 6.18 Å². The van der Waals surface area contributed by atoms with E-state index in [-0.39, 0.29) is 5.69 Å². The van der Waals surface area contributed by atoms with Crippen molar-refractivity contribution >= 4 is 0 Å². The Morgan fingerprint density at radius 3 is 2.57 bits per heavy atom. The summed E-state index contributed by atoms with van der Waals surface area (Å²) in [6, 6.07) is 6.04. The molecule has 0 unspecified atom stereocenters. The fourth-order valence-corrected chi connectivity index (χ4v) is 2.08. The zero-order valence-corrected chi connectivity index (χ0v) is 12.0. The molecule has 6 heteroatoms. The van der Waals surface area contributed by atoms with Crippen LogP contribution >= 0.6 is 0 Å². The molecule has 0 bridgehead atoms. The molecule has 0 saturated carbocycles. The van der Waals surface area contributed by atoms with Gasteiger partial charge < -0.3 is 5.32 Å². The summed E-state index contributed by atoms with van der Waals surface area (Å²) in [7, 11) is 0. The quantitative estimate of drug-likeness (QED) is 0.853. The molecule has 0 aliphatic heterocycles. The fourth-order valence-electron chi connectivity index (χ4n) is 2.08. The number of aryl methyl sites for hydroxylation is 1. The Hall–Kier alpha value is -1.82. The van der Waals surface area contributed by atoms with Gasteiger partial charge in [0.1, 0.15) is 0 Å². The van der Waals surface area contributed by atoms with E-state index >= 15 is 0 Å². The second-order valence-corrected chi connectivity index (χ2v) is 4.93. The summed E-state index contributed by atoms with van der Waals surface area (Å²) in [5.74, 6) is 0. The molecule has 0 fully saturated rings. The van der Waals surface area contributed by atoms with Gasteiger partial charge in [0.15, 0.2) is 0 Å². The Bertz CT molecular complexity index is 602. The Labute approximate surface area is 121 Å². The first-order chi connectivity index (χ1) is 9.91. The predicted octanol–water partition coefficient (Wildman–Crippen LogP) is 3.70. The van der Waals surface area contributed by atoms with Gasteiger partial charge in [-0.2, -0.15) is 18.3 Å². The molecule has 0 aliphatic rings. The third-order valence-corrected chi connectivity index (χ3v) is 3.09. The Kier molecular flexibility index (Phi) is 4.67. The average Bonchev–Trinajstić information content (AvgIpc) is 2.84. The number of nitrogens with one attached hydrogen (secondary N) is 1. The van der Waals surface area contributed by atoms with E-state index in [1.807, 2.05) is 6.92 Å². The molecule has 2 aromatic rings. The van der Waals surface area contributed by atoms with Gasteiger partial charge in [0.05, 0.1) is 16.9 Å². The maximum Gasteiger partial charge on any atom is 0.418 e. The van der Waals surface area contributed by atoms with Crippen LogP contribution in [-0.2, 0) is 12.7 Å². The molecule has 0 radical (unpaired) electrons. The SMILES string of the molecule is CCCNCc1ccc(-n2ccc(C)n2)c(C(F)(F)F)c1. The standard InChI is InChI=1S/C15H18F3N3/c1-3-7-19-10-12-4-5-14(13(9-12)15(16,17)18)21-8-6-11(2)20-21/h4-6,8-9,19H,3,7,10H2,1-2H3. The lowest BCUT2D eigenvalue weighted by Crippen LogP contribution is -2.16. The van der Waals surface area contributed by atoms with Gasteiger partial charge in [-0.15, -0.1) is 0 Å². The highest BCUT2D eigenvalue weighted by Crippen LogP contribution is 2.34. The summed E-state index contributed by atoms with van der Waals surface area (Å²) in [4.78, 5) is 0. The zero-order valence-electron chi connectivity index (χ0n) is 12.0. The van der Waals surface area contributed by atoms with E-state index in [9.17, 15) is 13.2 Å². The van der Waals surface area contributed by atoms with Crippen molar-refractivity contribution in [2.24, 2.45) is 0 Å². The van der Waals surface area contributed by atoms with Crippen LogP contribution in [0.3, 0.4) is 0 Å². The molecule has 1 aromatic carbocycles. The Morgan fingerprint density at radius 1 is 1.24 bits per heavy atom. The van der Waals surface area contributed by atoms with Gasteiger partial charge in [-0.25, -0.2) is 4.68 Å². The Morgan fingerprint density at radius 2 is 2.00 bits per heavy atom. The second kappa shape index (κ2) is 6.30. The summed E-state index contributed by atoms with van der Waals surface area (Å²) in [5.41, 5.74) is 0.677. The van der Waals surface area contributed by atoms with E-state index in [0.717, 1.165) is 13.0 Å². The number of rotatable bonds is 5. The first-order valence-corrected chi connectivity index (χ1v) is 6.85. The van der Waals surface area contributed by atoms with Gasteiger partial charge in [0.2, 0.25) is 0 Å². The van der Waals surface area contributed by atoms with Crippen LogP contribution < -0.4 is 5.32 Å². The van der Waals surface area contributed by atoms with Gasteiger partial charge in [-0.05, 0) is 43.7 Å². The maximum atomic E-state index is 13.2. The number of aromatic nitrogens is 2. The van der Waals surface area contributed by atoms with Crippen LogP contribution in [0.2, 0.25) is 0 Å². The van der Waals surface area contributed by atoms with Crippen molar-refractivity contribution < 1.29 is 13.2 Å². The second-order valence-electron chi connectivity index (χ2n) is 4.93. The monoisotopic (exact) mass is 297 g/mol. The minimum absolute atomic E-state index is 0.0508. The summed E-state index contributed by atoms with van der Waals surface area (Å²) in [6.07, 6.45) is -1.93. The number of alkyl halides is 3. The molecule has 1 aromatic heterocycles. The highest BCUT2D eigenvalue weighted by Gasteiger charge is 2.34. The van der Waals surface area contributed by atoms with E-state index in [1.54, 1.807) is 19.1 Å². The van der Waals surface area contributed by atoms with Crippen LogP contribution in [0.15, 0.2) is 30.5 Å². The molecular formula is C15H18F3N3. The van der Waals surface area contributed by atoms with Crippen molar-refractivity contribution in [2.75, 3.05) is 6.54 Å². The molecule has 0 amide bonds. The average molecular weight is 297 g/mol. The zero-order chi connectivity index (χ0) is 15.5. The molecular weight excluding hydrogens is 279 g/mol. The van der Waals surface area contributed by atoms with Gasteiger partial charge in [-0.1, -0.05) is 13.0 Å². The van der Waals surface area contributed by atoms with Crippen molar-refractivity contribution in [2.45, 2.75) is 33.0 Å². The molecule has 2 rings (SSSR count). The van der Waals surface area contributed by atoms with E-state index in [1.165, 1.54) is 23.0 Å². The lowest BCUT2D eigenvalue weighted by molar-refractivity contribution is -0.137. The minimum atomic E-state index is -4.41. The fraction of sp³-hybridized carbons (Fsp3) is 0.400. The lowest BCUT2D eigenvalue weighted by Gasteiger charge is -2.15. The summed E-state index contributed by atoms with van der Waals surface area (Å²) in [6.45, 7) is 4.96. The largest absolute Gasteiger partial charge is 0.418 e. The molecule has 1 heterocycles. The van der Waals surface area contributed by atoms with E-state index in [0.29, 0.717) is 17.8 Å². The van der Waals surface area contributed by atoms with Crippen molar-refractivity contribution in [1.29, 1.82) is 0 Å². The van der Waals surface area contributed by atoms with Crippen molar-refractivity contribution in [3.8, 4) is 5.69 Å². The van der Waals surface area contributed by atoms with Crippen LogP contribution in [0.5, 0.6) is 0 Å². The normalized spacial score (nSPS) is 11.9. The highest BCUT2D eigenvalue weighted by molar-refractivity contribution is 5.45. The first-order valence-electron chi connectivity index (χ1n) is 6.85. The van der Waals surface area contributed by atoms with Gasteiger partial charge in [-0.3, -0.25) is 0 Å². The third-order valence-electron chi connectivity index (χ3n) is 3.09. The lowest BCUT2D eigenvalue weighted by atomic mass is 10.1.